The first-order chi connectivity index (χ1) is 15.4. The summed E-state index contributed by atoms with van der Waals surface area (Å²) in [4.78, 5) is 29.4. The molecule has 5 rings (SSSR count). The van der Waals surface area contributed by atoms with Gasteiger partial charge in [0, 0.05) is 36.5 Å². The van der Waals surface area contributed by atoms with Gasteiger partial charge in [0.05, 0.1) is 17.2 Å². The number of fused-ring (bicyclic) bond motifs is 2. The van der Waals surface area contributed by atoms with Crippen LogP contribution in [0.4, 0.5) is 8.78 Å². The Kier molecular flexibility index (Phi) is 5.13. The molecule has 1 atom stereocenters. The molecule has 2 aromatic carbocycles. The molecule has 9 heteroatoms. The Morgan fingerprint density at radius 1 is 1.12 bits per heavy atom. The second kappa shape index (κ2) is 7.98. The number of benzene rings is 2. The fourth-order valence-electron chi connectivity index (χ4n) is 4.45. The van der Waals surface area contributed by atoms with Crippen LogP contribution in [0.25, 0.3) is 0 Å². The van der Waals surface area contributed by atoms with Crippen molar-refractivity contribution in [2.24, 2.45) is 0 Å². The smallest absolute Gasteiger partial charge is 0.261 e. The minimum Gasteiger partial charge on any atom is -0.488 e. The van der Waals surface area contributed by atoms with Crippen LogP contribution >= 0.6 is 12.2 Å². The summed E-state index contributed by atoms with van der Waals surface area (Å²) in [5, 5.41) is 0. The molecule has 6 nitrogen and oxygen atoms in total. The molecule has 0 fully saturated rings. The number of aromatic nitrogens is 2. The monoisotopic (exact) mass is 455 g/mol. The van der Waals surface area contributed by atoms with E-state index in [0.29, 0.717) is 40.7 Å². The maximum absolute atomic E-state index is 14.0. The van der Waals surface area contributed by atoms with E-state index in [1.54, 1.807) is 30.5 Å². The molecule has 2 aliphatic rings. The number of aryl methyl sites for hydroxylation is 1. The minimum atomic E-state index is -0.711. The number of H-pyrrole nitrogens is 1. The molecule has 0 unspecified atom stereocenters. The molecule has 2 amide bonds. The van der Waals surface area contributed by atoms with E-state index in [-0.39, 0.29) is 36.8 Å². The predicted octanol–water partition coefficient (Wildman–Crippen LogP) is 4.23. The van der Waals surface area contributed by atoms with Crippen molar-refractivity contribution in [3.63, 3.8) is 0 Å². The molecule has 1 N–H and O–H groups in total. The van der Waals surface area contributed by atoms with Gasteiger partial charge in [0.15, 0.2) is 16.3 Å². The van der Waals surface area contributed by atoms with Crippen LogP contribution in [0.1, 0.15) is 44.4 Å². The van der Waals surface area contributed by atoms with Gasteiger partial charge in [-0.15, -0.1) is 0 Å². The van der Waals surface area contributed by atoms with Gasteiger partial charge in [-0.05, 0) is 43.3 Å². The Morgan fingerprint density at radius 2 is 1.84 bits per heavy atom. The van der Waals surface area contributed by atoms with Gasteiger partial charge in [0.2, 0.25) is 0 Å². The van der Waals surface area contributed by atoms with Crippen LogP contribution in [-0.2, 0) is 12.8 Å². The number of nitrogens with zero attached hydrogens (tertiary/aromatic N) is 2. The Labute approximate surface area is 187 Å². The molecule has 0 aliphatic carbocycles. The summed E-state index contributed by atoms with van der Waals surface area (Å²) in [6.07, 6.45) is 3.26. The van der Waals surface area contributed by atoms with Gasteiger partial charge in [-0.2, -0.15) is 0 Å². The van der Waals surface area contributed by atoms with Crippen molar-refractivity contribution in [2.75, 3.05) is 13.2 Å². The Morgan fingerprint density at radius 3 is 2.56 bits per heavy atom. The highest BCUT2D eigenvalue weighted by Gasteiger charge is 2.34. The molecular weight excluding hydrogens is 436 g/mol. The van der Waals surface area contributed by atoms with Crippen molar-refractivity contribution in [3.8, 4) is 5.75 Å². The summed E-state index contributed by atoms with van der Waals surface area (Å²) in [5.74, 6) is -1.84. The summed E-state index contributed by atoms with van der Waals surface area (Å²) < 4.78 is 35.6. The van der Waals surface area contributed by atoms with Crippen LogP contribution in [-0.4, -0.2) is 39.4 Å². The van der Waals surface area contributed by atoms with Crippen molar-refractivity contribution in [3.05, 3.63) is 81.4 Å². The normalized spacial score (nSPS) is 17.3. The topological polar surface area (TPSA) is 67.3 Å². The lowest BCUT2D eigenvalue weighted by Crippen LogP contribution is -2.31. The predicted molar refractivity (Wildman–Crippen MR) is 114 cm³/mol. The molecule has 3 heterocycles. The summed E-state index contributed by atoms with van der Waals surface area (Å²) in [6, 6.07) is 8.66. The molecular formula is C23H19F2N3O3S. The van der Waals surface area contributed by atoms with Crippen LogP contribution in [0.2, 0.25) is 0 Å². The molecule has 0 saturated carbocycles. The first-order valence-corrected chi connectivity index (χ1v) is 10.7. The zero-order valence-electron chi connectivity index (χ0n) is 16.9. The van der Waals surface area contributed by atoms with Gasteiger partial charge in [-0.1, -0.05) is 12.1 Å². The number of amides is 2. The first-order valence-electron chi connectivity index (χ1n) is 10.3. The fourth-order valence-corrected chi connectivity index (χ4v) is 4.78. The third-order valence-electron chi connectivity index (χ3n) is 5.91. The lowest BCUT2D eigenvalue weighted by molar-refractivity contribution is 0.0652. The number of imide groups is 1. The highest BCUT2D eigenvalue weighted by Crippen LogP contribution is 2.33. The number of imidazole rings is 1. The Bertz CT molecular complexity index is 1260. The molecule has 164 valence electrons. The number of aromatic amines is 1. The van der Waals surface area contributed by atoms with E-state index >= 15 is 0 Å². The number of rotatable bonds is 5. The zero-order chi connectivity index (χ0) is 22.4. The molecule has 0 radical (unpaired) electrons. The molecule has 0 spiro atoms. The summed E-state index contributed by atoms with van der Waals surface area (Å²) in [7, 11) is 0. The lowest BCUT2D eigenvalue weighted by atomic mass is 10.0. The van der Waals surface area contributed by atoms with Crippen LogP contribution < -0.4 is 4.74 Å². The second-order valence-electron chi connectivity index (χ2n) is 7.91. The highest BCUT2D eigenvalue weighted by molar-refractivity contribution is 7.71. The number of hydrogen-bond acceptors (Lipinski definition) is 4. The Balaban J connectivity index is 1.30. The van der Waals surface area contributed by atoms with Crippen molar-refractivity contribution in [1.82, 2.24) is 14.5 Å². The molecule has 2 aliphatic heterocycles. The van der Waals surface area contributed by atoms with E-state index in [9.17, 15) is 18.4 Å². The standard InChI is InChI=1S/C23H19F2N3O3S/c24-14-8-13-9-16(12-31-20(13)19(25)10-14)28-15(11-26-23(28)32)4-3-7-27-21(29)17-5-1-2-6-18(17)22(27)30/h1-2,5-6,8,10-11,16H,3-4,7,9,12H2,(H,26,32)/t16-/m1/s1. The number of halogens is 2. The van der Waals surface area contributed by atoms with Crippen LogP contribution in [0.15, 0.2) is 42.6 Å². The van der Waals surface area contributed by atoms with Crippen molar-refractivity contribution < 1.29 is 23.1 Å². The number of nitrogens with one attached hydrogen (secondary N) is 1. The zero-order valence-corrected chi connectivity index (χ0v) is 17.8. The number of carbonyl (C=O) groups excluding carboxylic acids is 2. The van der Waals surface area contributed by atoms with Crippen molar-refractivity contribution >= 4 is 24.0 Å². The highest BCUT2D eigenvalue weighted by atomic mass is 32.1. The third kappa shape index (κ3) is 3.42. The molecule has 32 heavy (non-hydrogen) atoms. The van der Waals surface area contributed by atoms with Crippen LogP contribution in [0.3, 0.4) is 0 Å². The SMILES string of the molecule is O=C1c2ccccc2C(=O)N1CCCc1c[nH]c(=S)n1[C@H]1COc2c(F)cc(F)cc2C1. The number of hydrogen-bond donors (Lipinski definition) is 1. The number of carbonyl (C=O) groups is 2. The first kappa shape index (κ1) is 20.6. The van der Waals surface area contributed by atoms with Crippen molar-refractivity contribution in [2.45, 2.75) is 25.3 Å². The van der Waals surface area contributed by atoms with E-state index in [1.165, 1.54) is 11.0 Å². The van der Waals surface area contributed by atoms with Crippen LogP contribution in [0, 0.1) is 16.4 Å². The average Bonchev–Trinajstić information content (AvgIpc) is 3.26. The summed E-state index contributed by atoms with van der Waals surface area (Å²) >= 11 is 5.43. The quantitative estimate of drug-likeness (QED) is 0.462. The minimum absolute atomic E-state index is 0.0804. The van der Waals surface area contributed by atoms with Gasteiger partial charge in [-0.25, -0.2) is 8.78 Å². The molecule has 1 aromatic heterocycles. The largest absolute Gasteiger partial charge is 0.488 e. The molecule has 0 saturated heterocycles. The molecule has 0 bridgehead atoms. The van der Waals surface area contributed by atoms with E-state index in [4.69, 9.17) is 17.0 Å². The fraction of sp³-hybridized carbons (Fsp3) is 0.261. The third-order valence-corrected chi connectivity index (χ3v) is 6.22. The average molecular weight is 455 g/mol. The summed E-state index contributed by atoms with van der Waals surface area (Å²) in [5.41, 5.74) is 2.19. The Hall–Kier alpha value is -3.33. The maximum Gasteiger partial charge on any atom is 0.261 e. The van der Waals surface area contributed by atoms with E-state index in [1.807, 2.05) is 4.57 Å². The number of ether oxygens (including phenoxy) is 1. The van der Waals surface area contributed by atoms with E-state index in [2.05, 4.69) is 4.98 Å². The van der Waals surface area contributed by atoms with E-state index in [0.717, 1.165) is 11.8 Å². The summed E-state index contributed by atoms with van der Waals surface area (Å²) in [6.45, 7) is 0.484. The van der Waals surface area contributed by atoms with Crippen molar-refractivity contribution in [1.29, 1.82) is 0 Å². The van der Waals surface area contributed by atoms with E-state index < -0.39 is 11.6 Å². The van der Waals surface area contributed by atoms with Gasteiger partial charge in [0.1, 0.15) is 12.4 Å². The van der Waals surface area contributed by atoms with Gasteiger partial charge in [0.25, 0.3) is 11.8 Å². The van der Waals surface area contributed by atoms with Gasteiger partial charge in [-0.3, -0.25) is 14.5 Å². The van der Waals surface area contributed by atoms with Gasteiger partial charge >= 0.3 is 0 Å². The second-order valence-corrected chi connectivity index (χ2v) is 8.30. The maximum atomic E-state index is 14.0. The van der Waals surface area contributed by atoms with Gasteiger partial charge < -0.3 is 14.3 Å². The lowest BCUT2D eigenvalue weighted by Gasteiger charge is -2.28. The molecule has 3 aromatic rings. The van der Waals surface area contributed by atoms with Crippen LogP contribution in [0.5, 0.6) is 5.75 Å².